The summed E-state index contributed by atoms with van der Waals surface area (Å²) in [6.45, 7) is 14.0. The van der Waals surface area contributed by atoms with Gasteiger partial charge in [0.15, 0.2) is 0 Å². The molecule has 0 bridgehead atoms. The van der Waals surface area contributed by atoms with Gasteiger partial charge in [-0.15, -0.1) is 0 Å². The number of nitrogens with one attached hydrogen (secondary N) is 2. The van der Waals surface area contributed by atoms with Crippen molar-refractivity contribution >= 4 is 30.5 Å². The highest BCUT2D eigenvalue weighted by Crippen LogP contribution is 2.27. The highest BCUT2D eigenvalue weighted by Gasteiger charge is 2.37. The molecule has 0 saturated carbocycles. The van der Waals surface area contributed by atoms with Crippen LogP contribution in [0.2, 0.25) is 0 Å². The van der Waals surface area contributed by atoms with E-state index in [1.165, 1.54) is 4.90 Å². The minimum Gasteiger partial charge on any atom is -0.444 e. The molecule has 0 aliphatic carbocycles. The van der Waals surface area contributed by atoms with E-state index in [1.54, 1.807) is 20.8 Å². The van der Waals surface area contributed by atoms with Crippen LogP contribution in [0.5, 0.6) is 0 Å². The summed E-state index contributed by atoms with van der Waals surface area (Å²) >= 11 is 4.24. The van der Waals surface area contributed by atoms with Crippen LogP contribution in [0, 0.1) is 13.8 Å². The molecule has 8 nitrogen and oxygen atoms in total. The Bertz CT molecular complexity index is 845. The standard InChI is InChI=1S/C24H39N3O5S/c1-15-9-10-16(2)17(13-15)19(20(29)26-23(3,4)5)27(11-12-28)21(30)18(14-33)25-22(31)32-24(6,7)8/h9-10,13,18-19,28,33H,11-12,14H2,1-8H3,(H,25,31)(H,26,29). The van der Waals surface area contributed by atoms with Gasteiger partial charge in [0.05, 0.1) is 6.61 Å². The van der Waals surface area contributed by atoms with Gasteiger partial charge >= 0.3 is 6.09 Å². The van der Waals surface area contributed by atoms with Crippen LogP contribution in [0.25, 0.3) is 0 Å². The van der Waals surface area contributed by atoms with E-state index in [0.717, 1.165) is 11.1 Å². The van der Waals surface area contributed by atoms with Gasteiger partial charge in [-0.2, -0.15) is 12.6 Å². The van der Waals surface area contributed by atoms with Crippen LogP contribution in [-0.2, 0) is 14.3 Å². The van der Waals surface area contributed by atoms with Crippen LogP contribution in [-0.4, -0.2) is 64.0 Å². The Morgan fingerprint density at radius 3 is 2.21 bits per heavy atom. The molecule has 0 spiro atoms. The maximum atomic E-state index is 13.6. The van der Waals surface area contributed by atoms with Crippen LogP contribution < -0.4 is 10.6 Å². The Labute approximate surface area is 202 Å². The van der Waals surface area contributed by atoms with Crippen molar-refractivity contribution in [3.05, 3.63) is 34.9 Å². The van der Waals surface area contributed by atoms with E-state index in [2.05, 4.69) is 23.3 Å². The number of hydrogen-bond acceptors (Lipinski definition) is 6. The predicted molar refractivity (Wildman–Crippen MR) is 132 cm³/mol. The second-order valence-electron chi connectivity index (χ2n) is 10.1. The van der Waals surface area contributed by atoms with Crippen LogP contribution >= 0.6 is 12.6 Å². The first kappa shape index (κ1) is 28.8. The zero-order valence-corrected chi connectivity index (χ0v) is 21.9. The van der Waals surface area contributed by atoms with Crippen molar-refractivity contribution in [1.29, 1.82) is 0 Å². The summed E-state index contributed by atoms with van der Waals surface area (Å²) in [5.41, 5.74) is 1.12. The summed E-state index contributed by atoms with van der Waals surface area (Å²) in [5.74, 6) is -0.937. The monoisotopic (exact) mass is 481 g/mol. The number of aliphatic hydroxyl groups excluding tert-OH is 1. The smallest absolute Gasteiger partial charge is 0.408 e. The fourth-order valence-electron chi connectivity index (χ4n) is 3.25. The molecule has 1 rings (SSSR count). The van der Waals surface area contributed by atoms with Gasteiger partial charge in [-0.25, -0.2) is 4.79 Å². The van der Waals surface area contributed by atoms with Crippen LogP contribution in [0.1, 0.15) is 64.3 Å². The Kier molecular flexibility index (Phi) is 10.2. The Balaban J connectivity index is 3.44. The largest absolute Gasteiger partial charge is 0.444 e. The number of thiol groups is 1. The number of ether oxygens (including phenoxy) is 1. The fourth-order valence-corrected chi connectivity index (χ4v) is 3.50. The molecule has 2 atom stereocenters. The van der Waals surface area contributed by atoms with Gasteiger partial charge in [-0.3, -0.25) is 9.59 Å². The minimum absolute atomic E-state index is 0.0135. The molecule has 1 aromatic carbocycles. The molecular formula is C24H39N3O5S. The van der Waals surface area contributed by atoms with Gasteiger partial charge in [-0.05, 0) is 66.5 Å². The molecule has 186 valence electrons. The minimum atomic E-state index is -1.05. The Hall–Kier alpha value is -2.26. The molecular weight excluding hydrogens is 442 g/mol. The number of nitrogens with zero attached hydrogens (tertiary/aromatic N) is 1. The van der Waals surface area contributed by atoms with Crippen molar-refractivity contribution in [2.24, 2.45) is 0 Å². The van der Waals surface area contributed by atoms with Crippen molar-refractivity contribution in [3.8, 4) is 0 Å². The molecule has 1 aromatic rings. The van der Waals surface area contributed by atoms with Crippen LogP contribution in [0.4, 0.5) is 4.79 Å². The highest BCUT2D eigenvalue weighted by molar-refractivity contribution is 7.80. The number of hydrogen-bond donors (Lipinski definition) is 4. The molecule has 0 fully saturated rings. The molecule has 0 aromatic heterocycles. The third-order valence-corrected chi connectivity index (χ3v) is 4.95. The molecule has 0 heterocycles. The maximum Gasteiger partial charge on any atom is 0.408 e. The van der Waals surface area contributed by atoms with Gasteiger partial charge in [-0.1, -0.05) is 23.8 Å². The Morgan fingerprint density at radius 2 is 1.73 bits per heavy atom. The van der Waals surface area contributed by atoms with E-state index in [0.29, 0.717) is 5.56 Å². The second kappa shape index (κ2) is 11.7. The molecule has 0 radical (unpaired) electrons. The summed E-state index contributed by atoms with van der Waals surface area (Å²) in [6.07, 6.45) is -0.763. The first-order valence-corrected chi connectivity index (χ1v) is 11.6. The number of alkyl carbamates (subject to hydrolysis) is 1. The van der Waals surface area contributed by atoms with Crippen molar-refractivity contribution in [2.75, 3.05) is 18.9 Å². The third-order valence-electron chi connectivity index (χ3n) is 4.58. The normalized spacial score (nSPS) is 13.6. The van der Waals surface area contributed by atoms with Crippen LogP contribution in [0.15, 0.2) is 18.2 Å². The van der Waals surface area contributed by atoms with Crippen molar-refractivity contribution in [3.63, 3.8) is 0 Å². The van der Waals surface area contributed by atoms with Gasteiger partial charge in [0.1, 0.15) is 17.7 Å². The predicted octanol–water partition coefficient (Wildman–Crippen LogP) is 2.90. The lowest BCUT2D eigenvalue weighted by molar-refractivity contribution is -0.143. The van der Waals surface area contributed by atoms with Crippen molar-refractivity contribution in [1.82, 2.24) is 15.5 Å². The van der Waals surface area contributed by atoms with Crippen molar-refractivity contribution in [2.45, 2.75) is 78.6 Å². The number of amides is 3. The number of carbonyl (C=O) groups is 3. The summed E-state index contributed by atoms with van der Waals surface area (Å²) in [5, 5.41) is 15.2. The quantitative estimate of drug-likeness (QED) is 0.427. The lowest BCUT2D eigenvalue weighted by Gasteiger charge is -2.36. The van der Waals surface area contributed by atoms with Gasteiger partial charge in [0, 0.05) is 17.8 Å². The summed E-state index contributed by atoms with van der Waals surface area (Å²) < 4.78 is 5.27. The molecule has 3 amide bonds. The summed E-state index contributed by atoms with van der Waals surface area (Å²) in [4.78, 5) is 40.6. The number of benzene rings is 1. The van der Waals surface area contributed by atoms with Gasteiger partial charge in [0.2, 0.25) is 11.8 Å². The van der Waals surface area contributed by atoms with E-state index in [9.17, 15) is 19.5 Å². The summed E-state index contributed by atoms with van der Waals surface area (Å²) in [6, 6.07) is 3.61. The Morgan fingerprint density at radius 1 is 1.12 bits per heavy atom. The molecule has 3 N–H and O–H groups in total. The van der Waals surface area contributed by atoms with E-state index in [4.69, 9.17) is 4.74 Å². The molecule has 33 heavy (non-hydrogen) atoms. The van der Waals surface area contributed by atoms with E-state index in [-0.39, 0.29) is 24.8 Å². The third kappa shape index (κ3) is 9.25. The molecule has 9 heteroatoms. The van der Waals surface area contributed by atoms with E-state index >= 15 is 0 Å². The van der Waals surface area contributed by atoms with Gasteiger partial charge < -0.3 is 25.4 Å². The average molecular weight is 482 g/mol. The lowest BCUT2D eigenvalue weighted by Crippen LogP contribution is -2.55. The highest BCUT2D eigenvalue weighted by atomic mass is 32.1. The average Bonchev–Trinajstić information content (AvgIpc) is 2.65. The molecule has 0 aliphatic heterocycles. The van der Waals surface area contributed by atoms with Gasteiger partial charge in [0.25, 0.3) is 0 Å². The second-order valence-corrected chi connectivity index (χ2v) is 10.5. The van der Waals surface area contributed by atoms with E-state index in [1.807, 2.05) is 52.8 Å². The summed E-state index contributed by atoms with van der Waals surface area (Å²) in [7, 11) is 0. The molecule has 0 saturated heterocycles. The number of aliphatic hydroxyl groups is 1. The zero-order chi connectivity index (χ0) is 25.6. The first-order chi connectivity index (χ1) is 15.1. The molecule has 2 unspecified atom stereocenters. The maximum absolute atomic E-state index is 13.6. The number of aryl methyl sites for hydroxylation is 2. The zero-order valence-electron chi connectivity index (χ0n) is 21.0. The fraction of sp³-hybridized carbons (Fsp3) is 0.625. The topological polar surface area (TPSA) is 108 Å². The lowest BCUT2D eigenvalue weighted by atomic mass is 9.95. The number of rotatable bonds is 8. The van der Waals surface area contributed by atoms with Crippen LogP contribution in [0.3, 0.4) is 0 Å². The van der Waals surface area contributed by atoms with Crippen molar-refractivity contribution < 1.29 is 24.2 Å². The first-order valence-electron chi connectivity index (χ1n) is 11.0. The molecule has 0 aliphatic rings. The van der Waals surface area contributed by atoms with E-state index < -0.39 is 35.2 Å². The SMILES string of the molecule is Cc1ccc(C)c(C(C(=O)NC(C)(C)C)N(CCO)C(=O)C(CS)NC(=O)OC(C)(C)C)c1. The number of carbonyl (C=O) groups excluding carboxylic acids is 3.